The van der Waals surface area contributed by atoms with Gasteiger partial charge in [-0.15, -0.1) is 0 Å². The third-order valence-corrected chi connectivity index (χ3v) is 3.68. The molecule has 1 heterocycles. The Kier molecular flexibility index (Phi) is 4.05. The minimum atomic E-state index is -0.177. The number of anilines is 1. The Labute approximate surface area is 110 Å². The van der Waals surface area contributed by atoms with Gasteiger partial charge in [0.2, 0.25) is 0 Å². The summed E-state index contributed by atoms with van der Waals surface area (Å²) in [6, 6.07) is 5.85. The third-order valence-electron chi connectivity index (χ3n) is 3.01. The van der Waals surface area contributed by atoms with Crippen molar-refractivity contribution in [3.8, 4) is 0 Å². The van der Waals surface area contributed by atoms with Crippen molar-refractivity contribution in [2.45, 2.75) is 32.4 Å². The maximum atomic E-state index is 13.2. The van der Waals surface area contributed by atoms with Crippen LogP contribution in [0.5, 0.6) is 0 Å². The number of hydrogen-bond donors (Lipinski definition) is 1. The van der Waals surface area contributed by atoms with Crippen molar-refractivity contribution in [2.24, 2.45) is 0 Å². The van der Waals surface area contributed by atoms with Crippen LogP contribution in [0, 0.1) is 5.82 Å². The van der Waals surface area contributed by atoms with Crippen molar-refractivity contribution in [3.63, 3.8) is 0 Å². The Morgan fingerprint density at radius 3 is 2.94 bits per heavy atom. The summed E-state index contributed by atoms with van der Waals surface area (Å²) in [5, 5.41) is 3.52. The lowest BCUT2D eigenvalue weighted by atomic mass is 10.2. The van der Waals surface area contributed by atoms with Crippen LogP contribution in [-0.4, -0.2) is 25.2 Å². The highest BCUT2D eigenvalue weighted by molar-refractivity contribution is 9.10. The van der Waals surface area contributed by atoms with Crippen molar-refractivity contribution in [1.29, 1.82) is 0 Å². The van der Waals surface area contributed by atoms with Crippen LogP contribution in [0.2, 0.25) is 0 Å². The van der Waals surface area contributed by atoms with E-state index in [0.29, 0.717) is 12.1 Å². The summed E-state index contributed by atoms with van der Waals surface area (Å²) in [6.45, 7) is 6.23. The molecule has 0 bridgehead atoms. The zero-order valence-corrected chi connectivity index (χ0v) is 11.8. The number of nitrogens with zero attached hydrogens (tertiary/aromatic N) is 1. The van der Waals surface area contributed by atoms with Gasteiger partial charge in [0.05, 0.1) is 5.69 Å². The minimum Gasteiger partial charge on any atom is -0.369 e. The van der Waals surface area contributed by atoms with E-state index in [2.05, 4.69) is 40.0 Å². The molecule has 0 aliphatic carbocycles. The summed E-state index contributed by atoms with van der Waals surface area (Å²) in [4.78, 5) is 2.23. The van der Waals surface area contributed by atoms with E-state index in [1.54, 1.807) is 12.1 Å². The molecule has 1 aliphatic heterocycles. The first-order chi connectivity index (χ1) is 8.06. The van der Waals surface area contributed by atoms with E-state index in [1.165, 1.54) is 6.07 Å². The van der Waals surface area contributed by atoms with Crippen molar-refractivity contribution in [1.82, 2.24) is 5.32 Å². The largest absolute Gasteiger partial charge is 0.369 e. The van der Waals surface area contributed by atoms with Crippen LogP contribution < -0.4 is 10.2 Å². The van der Waals surface area contributed by atoms with Gasteiger partial charge in [0.1, 0.15) is 5.82 Å². The van der Waals surface area contributed by atoms with Gasteiger partial charge in [-0.3, -0.25) is 0 Å². The Hall–Kier alpha value is -0.610. The molecule has 0 radical (unpaired) electrons. The zero-order valence-electron chi connectivity index (χ0n) is 10.2. The minimum absolute atomic E-state index is 0.177. The van der Waals surface area contributed by atoms with Crippen LogP contribution in [0.25, 0.3) is 0 Å². The van der Waals surface area contributed by atoms with Gasteiger partial charge in [0, 0.05) is 29.6 Å². The summed E-state index contributed by atoms with van der Waals surface area (Å²) in [6.07, 6.45) is 1.11. The molecule has 94 valence electrons. The lowest BCUT2D eigenvalue weighted by Crippen LogP contribution is -2.37. The molecule has 0 aromatic heterocycles. The molecule has 0 saturated carbocycles. The molecule has 1 fully saturated rings. The van der Waals surface area contributed by atoms with Crippen molar-refractivity contribution >= 4 is 21.6 Å². The molecular formula is C13H18BrFN2. The quantitative estimate of drug-likeness (QED) is 0.922. The molecule has 2 nitrogen and oxygen atoms in total. The van der Waals surface area contributed by atoms with Crippen molar-refractivity contribution in [3.05, 3.63) is 28.5 Å². The monoisotopic (exact) mass is 300 g/mol. The SMILES string of the molecule is CC(C)NC1CCN(c2cc(F)ccc2Br)C1. The van der Waals surface area contributed by atoms with Gasteiger partial charge in [0.15, 0.2) is 0 Å². The number of rotatable bonds is 3. The third kappa shape index (κ3) is 3.19. The number of benzene rings is 1. The Morgan fingerprint density at radius 1 is 1.47 bits per heavy atom. The molecule has 1 aromatic carbocycles. The summed E-state index contributed by atoms with van der Waals surface area (Å²) in [5.74, 6) is -0.177. The van der Waals surface area contributed by atoms with E-state index in [0.717, 1.165) is 29.7 Å². The highest BCUT2D eigenvalue weighted by Gasteiger charge is 2.24. The first-order valence-corrected chi connectivity index (χ1v) is 6.81. The van der Waals surface area contributed by atoms with Gasteiger partial charge in [0.25, 0.3) is 0 Å². The first kappa shape index (κ1) is 12.8. The second-order valence-electron chi connectivity index (χ2n) is 4.85. The number of halogens is 2. The molecule has 1 N–H and O–H groups in total. The summed E-state index contributed by atoms with van der Waals surface area (Å²) in [5.41, 5.74) is 0.957. The van der Waals surface area contributed by atoms with Gasteiger partial charge < -0.3 is 10.2 Å². The van der Waals surface area contributed by atoms with E-state index in [9.17, 15) is 4.39 Å². The molecule has 1 aromatic rings. The number of hydrogen-bond acceptors (Lipinski definition) is 2. The van der Waals surface area contributed by atoms with Crippen LogP contribution in [0.15, 0.2) is 22.7 Å². The Morgan fingerprint density at radius 2 is 2.24 bits per heavy atom. The smallest absolute Gasteiger partial charge is 0.125 e. The standard InChI is InChI=1S/C13H18BrFN2/c1-9(2)16-11-5-6-17(8-11)13-7-10(15)3-4-12(13)14/h3-4,7,9,11,16H,5-6,8H2,1-2H3. The second kappa shape index (κ2) is 5.36. The molecular weight excluding hydrogens is 283 g/mol. The fourth-order valence-corrected chi connectivity index (χ4v) is 2.81. The lowest BCUT2D eigenvalue weighted by molar-refractivity contribution is 0.492. The maximum absolute atomic E-state index is 13.2. The van der Waals surface area contributed by atoms with E-state index in [4.69, 9.17) is 0 Å². The molecule has 1 unspecified atom stereocenters. The summed E-state index contributed by atoms with van der Waals surface area (Å²) >= 11 is 3.48. The Bertz CT molecular complexity index is 395. The molecule has 2 rings (SSSR count). The van der Waals surface area contributed by atoms with E-state index < -0.39 is 0 Å². The van der Waals surface area contributed by atoms with Gasteiger partial charge in [-0.05, 0) is 40.5 Å². The van der Waals surface area contributed by atoms with E-state index >= 15 is 0 Å². The molecule has 17 heavy (non-hydrogen) atoms. The summed E-state index contributed by atoms with van der Waals surface area (Å²) < 4.78 is 14.2. The van der Waals surface area contributed by atoms with Crippen LogP contribution >= 0.6 is 15.9 Å². The van der Waals surface area contributed by atoms with Crippen LogP contribution in [0.1, 0.15) is 20.3 Å². The molecule has 0 amide bonds. The second-order valence-corrected chi connectivity index (χ2v) is 5.70. The lowest BCUT2D eigenvalue weighted by Gasteiger charge is -2.21. The van der Waals surface area contributed by atoms with Gasteiger partial charge in [-0.1, -0.05) is 13.8 Å². The van der Waals surface area contributed by atoms with E-state index in [1.807, 2.05) is 0 Å². The number of nitrogens with one attached hydrogen (secondary N) is 1. The highest BCUT2D eigenvalue weighted by Crippen LogP contribution is 2.29. The van der Waals surface area contributed by atoms with E-state index in [-0.39, 0.29) is 5.82 Å². The molecule has 4 heteroatoms. The average molecular weight is 301 g/mol. The average Bonchev–Trinajstić information content (AvgIpc) is 2.69. The van der Waals surface area contributed by atoms with Crippen LogP contribution in [0.3, 0.4) is 0 Å². The van der Waals surface area contributed by atoms with Gasteiger partial charge in [-0.25, -0.2) is 4.39 Å². The predicted octanol–water partition coefficient (Wildman–Crippen LogP) is 3.16. The first-order valence-electron chi connectivity index (χ1n) is 6.02. The van der Waals surface area contributed by atoms with Gasteiger partial charge in [-0.2, -0.15) is 0 Å². The van der Waals surface area contributed by atoms with Crippen molar-refractivity contribution in [2.75, 3.05) is 18.0 Å². The fraction of sp³-hybridized carbons (Fsp3) is 0.538. The predicted molar refractivity (Wildman–Crippen MR) is 73.0 cm³/mol. The Balaban J connectivity index is 2.07. The van der Waals surface area contributed by atoms with Crippen molar-refractivity contribution < 1.29 is 4.39 Å². The highest BCUT2D eigenvalue weighted by atomic mass is 79.9. The fourth-order valence-electron chi connectivity index (χ4n) is 2.31. The maximum Gasteiger partial charge on any atom is 0.125 e. The molecule has 0 spiro atoms. The topological polar surface area (TPSA) is 15.3 Å². The van der Waals surface area contributed by atoms with Crippen LogP contribution in [0.4, 0.5) is 10.1 Å². The zero-order chi connectivity index (χ0) is 12.4. The molecule has 1 atom stereocenters. The normalized spacial score (nSPS) is 20.3. The van der Waals surface area contributed by atoms with Gasteiger partial charge >= 0.3 is 0 Å². The molecule has 1 aliphatic rings. The summed E-state index contributed by atoms with van der Waals surface area (Å²) in [7, 11) is 0. The van der Waals surface area contributed by atoms with Crippen LogP contribution in [-0.2, 0) is 0 Å². The molecule has 1 saturated heterocycles.